The van der Waals surface area contributed by atoms with Crippen LogP contribution in [0.5, 0.6) is 0 Å². The van der Waals surface area contributed by atoms with Crippen molar-refractivity contribution in [3.8, 4) is 0 Å². The Labute approximate surface area is 94.1 Å². The Kier molecular flexibility index (Phi) is 2.86. The van der Waals surface area contributed by atoms with E-state index in [4.69, 9.17) is 5.11 Å². The first-order valence-electron chi connectivity index (χ1n) is 5.23. The summed E-state index contributed by atoms with van der Waals surface area (Å²) in [6.07, 6.45) is 6.19. The maximum Gasteiger partial charge on any atom is 0.303 e. The number of nitrogens with zero attached hydrogens (tertiary/aromatic N) is 1. The summed E-state index contributed by atoms with van der Waals surface area (Å²) in [6, 6.07) is 9.79. The monoisotopic (exact) mass is 215 g/mol. The van der Waals surface area contributed by atoms with Crippen LogP contribution in [0.2, 0.25) is 0 Å². The van der Waals surface area contributed by atoms with Crippen molar-refractivity contribution in [2.75, 3.05) is 0 Å². The Morgan fingerprint density at radius 3 is 2.62 bits per heavy atom. The number of rotatable bonds is 4. The van der Waals surface area contributed by atoms with Crippen LogP contribution >= 0.6 is 0 Å². The Balaban J connectivity index is 2.27. The van der Waals surface area contributed by atoms with Crippen molar-refractivity contribution >= 4 is 12.2 Å². The maximum atomic E-state index is 10.7. The average Bonchev–Trinajstić information content (AvgIpc) is 2.78. The van der Waals surface area contributed by atoms with Crippen LogP contribution < -0.4 is 0 Å². The van der Waals surface area contributed by atoms with Crippen LogP contribution in [0.15, 0.2) is 47.5 Å². The zero-order chi connectivity index (χ0) is 11.4. The summed E-state index contributed by atoms with van der Waals surface area (Å²) in [7, 11) is 0. The molecule has 3 nitrogen and oxygen atoms in total. The lowest BCUT2D eigenvalue weighted by Gasteiger charge is -2.24. The van der Waals surface area contributed by atoms with Crippen LogP contribution in [-0.2, 0) is 10.3 Å². The summed E-state index contributed by atoms with van der Waals surface area (Å²) in [4.78, 5) is 15.1. The van der Waals surface area contributed by atoms with Crippen molar-refractivity contribution in [3.63, 3.8) is 0 Å². The summed E-state index contributed by atoms with van der Waals surface area (Å²) in [5.74, 6) is -0.786. The number of aliphatic carboxylic acids is 1. The van der Waals surface area contributed by atoms with Gasteiger partial charge in [-0.15, -0.1) is 0 Å². The molecule has 1 heterocycles. The standard InChI is InChI=1S/C13H13NO2/c15-12(16)7-9-13(8-4-10-14-13)11-5-2-1-3-6-11/h1-6,8,10H,7,9H2,(H,15,16). The number of carboxylic acid groups (broad SMARTS) is 1. The minimum absolute atomic E-state index is 0.122. The van der Waals surface area contributed by atoms with Crippen molar-refractivity contribution in [2.24, 2.45) is 4.99 Å². The van der Waals surface area contributed by atoms with Crippen molar-refractivity contribution < 1.29 is 9.90 Å². The fraction of sp³-hybridized carbons (Fsp3) is 0.231. The third-order valence-electron chi connectivity index (χ3n) is 2.76. The molecule has 0 radical (unpaired) electrons. The molecule has 0 amide bonds. The lowest BCUT2D eigenvalue weighted by atomic mass is 9.86. The quantitative estimate of drug-likeness (QED) is 0.838. The number of allylic oxidation sites excluding steroid dienone is 1. The topological polar surface area (TPSA) is 49.7 Å². The molecule has 3 heteroatoms. The first-order chi connectivity index (χ1) is 7.73. The number of hydrogen-bond donors (Lipinski definition) is 1. The predicted molar refractivity (Wildman–Crippen MR) is 62.6 cm³/mol. The van der Waals surface area contributed by atoms with Crippen molar-refractivity contribution in [2.45, 2.75) is 18.4 Å². The second-order valence-electron chi connectivity index (χ2n) is 3.82. The van der Waals surface area contributed by atoms with Crippen molar-refractivity contribution in [1.82, 2.24) is 0 Å². The van der Waals surface area contributed by atoms with E-state index in [0.29, 0.717) is 6.42 Å². The Morgan fingerprint density at radius 1 is 1.31 bits per heavy atom. The molecule has 0 fully saturated rings. The highest BCUT2D eigenvalue weighted by atomic mass is 16.4. The normalized spacial score (nSPS) is 22.5. The maximum absolute atomic E-state index is 10.7. The highest BCUT2D eigenvalue weighted by Crippen LogP contribution is 2.34. The molecule has 0 saturated carbocycles. The fourth-order valence-electron chi connectivity index (χ4n) is 1.91. The molecular formula is C13H13NO2. The minimum atomic E-state index is -0.786. The molecule has 0 aliphatic carbocycles. The average molecular weight is 215 g/mol. The number of hydrogen-bond acceptors (Lipinski definition) is 2. The SMILES string of the molecule is O=C(O)CCC1(c2ccccc2)C=CC=N1. The molecule has 0 saturated heterocycles. The summed E-state index contributed by atoms with van der Waals surface area (Å²) in [5, 5.41) is 8.76. The summed E-state index contributed by atoms with van der Waals surface area (Å²) < 4.78 is 0. The molecule has 2 rings (SSSR count). The van der Waals surface area contributed by atoms with Gasteiger partial charge in [-0.25, -0.2) is 0 Å². The predicted octanol–water partition coefficient (Wildman–Crippen LogP) is 2.39. The lowest BCUT2D eigenvalue weighted by Crippen LogP contribution is -2.20. The molecule has 16 heavy (non-hydrogen) atoms. The van der Waals surface area contributed by atoms with E-state index < -0.39 is 11.5 Å². The lowest BCUT2D eigenvalue weighted by molar-refractivity contribution is -0.137. The fourth-order valence-corrected chi connectivity index (χ4v) is 1.91. The van der Waals surface area contributed by atoms with Gasteiger partial charge in [-0.3, -0.25) is 9.79 Å². The number of aliphatic imine (C=N–C) groups is 1. The van der Waals surface area contributed by atoms with Crippen LogP contribution in [0.3, 0.4) is 0 Å². The van der Waals surface area contributed by atoms with Gasteiger partial charge in [0.15, 0.2) is 0 Å². The second kappa shape index (κ2) is 4.31. The number of carbonyl (C=O) groups is 1. The van der Waals surface area contributed by atoms with E-state index in [0.717, 1.165) is 5.56 Å². The molecule has 82 valence electrons. The van der Waals surface area contributed by atoms with E-state index in [1.807, 2.05) is 42.5 Å². The second-order valence-corrected chi connectivity index (χ2v) is 3.82. The van der Waals surface area contributed by atoms with Crippen LogP contribution in [0.1, 0.15) is 18.4 Å². The van der Waals surface area contributed by atoms with E-state index >= 15 is 0 Å². The first-order valence-corrected chi connectivity index (χ1v) is 5.23. The van der Waals surface area contributed by atoms with Gasteiger partial charge in [0.2, 0.25) is 0 Å². The molecule has 1 aromatic rings. The van der Waals surface area contributed by atoms with Gasteiger partial charge in [0.1, 0.15) is 5.54 Å². The van der Waals surface area contributed by atoms with Crippen LogP contribution in [-0.4, -0.2) is 17.3 Å². The highest BCUT2D eigenvalue weighted by molar-refractivity contribution is 5.76. The van der Waals surface area contributed by atoms with Gasteiger partial charge >= 0.3 is 5.97 Å². The zero-order valence-corrected chi connectivity index (χ0v) is 8.84. The van der Waals surface area contributed by atoms with E-state index in [9.17, 15) is 4.79 Å². The third kappa shape index (κ3) is 2.03. The Morgan fingerprint density at radius 2 is 2.06 bits per heavy atom. The molecular weight excluding hydrogens is 202 g/mol. The largest absolute Gasteiger partial charge is 0.481 e. The summed E-state index contributed by atoms with van der Waals surface area (Å²) >= 11 is 0. The molecule has 1 N–H and O–H groups in total. The minimum Gasteiger partial charge on any atom is -0.481 e. The van der Waals surface area contributed by atoms with Crippen molar-refractivity contribution in [3.05, 3.63) is 48.0 Å². The van der Waals surface area contributed by atoms with Gasteiger partial charge < -0.3 is 5.11 Å². The van der Waals surface area contributed by atoms with Crippen LogP contribution in [0, 0.1) is 0 Å². The molecule has 0 bridgehead atoms. The Hall–Kier alpha value is -1.90. The smallest absolute Gasteiger partial charge is 0.303 e. The van der Waals surface area contributed by atoms with E-state index in [-0.39, 0.29) is 6.42 Å². The summed E-state index contributed by atoms with van der Waals surface area (Å²) in [6.45, 7) is 0. The molecule has 1 unspecified atom stereocenters. The van der Waals surface area contributed by atoms with E-state index in [2.05, 4.69) is 4.99 Å². The molecule has 1 aromatic carbocycles. The van der Waals surface area contributed by atoms with Gasteiger partial charge in [0, 0.05) is 12.6 Å². The first kappa shape index (κ1) is 10.6. The van der Waals surface area contributed by atoms with Gasteiger partial charge in [-0.2, -0.15) is 0 Å². The molecule has 1 aliphatic rings. The number of carboxylic acids is 1. The molecule has 1 atom stereocenters. The summed E-state index contributed by atoms with van der Waals surface area (Å²) in [5.41, 5.74) is 0.570. The van der Waals surface area contributed by atoms with Gasteiger partial charge in [-0.05, 0) is 18.1 Å². The van der Waals surface area contributed by atoms with Gasteiger partial charge in [0.05, 0.1) is 0 Å². The van der Waals surface area contributed by atoms with E-state index in [1.165, 1.54) is 0 Å². The molecule has 1 aliphatic heterocycles. The van der Waals surface area contributed by atoms with Gasteiger partial charge in [-0.1, -0.05) is 36.4 Å². The molecule has 0 spiro atoms. The third-order valence-corrected chi connectivity index (χ3v) is 2.76. The van der Waals surface area contributed by atoms with Gasteiger partial charge in [0.25, 0.3) is 0 Å². The zero-order valence-electron chi connectivity index (χ0n) is 8.84. The molecule has 0 aromatic heterocycles. The van der Waals surface area contributed by atoms with Crippen LogP contribution in [0.4, 0.5) is 0 Å². The van der Waals surface area contributed by atoms with Crippen LogP contribution in [0.25, 0.3) is 0 Å². The Bertz CT molecular complexity index is 423. The number of benzene rings is 1. The van der Waals surface area contributed by atoms with Crippen molar-refractivity contribution in [1.29, 1.82) is 0 Å². The van der Waals surface area contributed by atoms with E-state index in [1.54, 1.807) is 6.21 Å². The highest BCUT2D eigenvalue weighted by Gasteiger charge is 2.30.